The van der Waals surface area contributed by atoms with Crippen LogP contribution < -0.4 is 14.2 Å². The highest BCUT2D eigenvalue weighted by Gasteiger charge is 2.46. The van der Waals surface area contributed by atoms with Crippen molar-refractivity contribution in [1.82, 2.24) is 4.90 Å². The molecule has 1 aromatic rings. The van der Waals surface area contributed by atoms with E-state index in [9.17, 15) is 9.59 Å². The SMILES string of the molecule is COC(=O)[C@H](CC(C)C)N1CC2=Cc3c(OC)ccc(OC)c3OC2C1=O. The number of amides is 1. The highest BCUT2D eigenvalue weighted by atomic mass is 16.5. The number of hydrogen-bond acceptors (Lipinski definition) is 6. The first-order chi connectivity index (χ1) is 12.9. The molecule has 2 atom stereocenters. The van der Waals surface area contributed by atoms with Gasteiger partial charge in [-0.25, -0.2) is 4.79 Å². The molecule has 27 heavy (non-hydrogen) atoms. The molecule has 1 aromatic carbocycles. The van der Waals surface area contributed by atoms with Crippen LogP contribution in [0, 0.1) is 5.92 Å². The number of esters is 1. The molecule has 0 saturated carbocycles. The Morgan fingerprint density at radius 3 is 2.48 bits per heavy atom. The van der Waals surface area contributed by atoms with Crippen molar-refractivity contribution in [2.24, 2.45) is 5.92 Å². The van der Waals surface area contributed by atoms with Gasteiger partial charge in [0.25, 0.3) is 5.91 Å². The fourth-order valence-corrected chi connectivity index (χ4v) is 3.57. The summed E-state index contributed by atoms with van der Waals surface area (Å²) in [6, 6.07) is 2.90. The molecule has 2 aliphatic heterocycles. The molecule has 7 heteroatoms. The van der Waals surface area contributed by atoms with Gasteiger partial charge in [-0.1, -0.05) is 13.8 Å². The van der Waals surface area contributed by atoms with E-state index in [1.54, 1.807) is 31.3 Å². The molecule has 1 unspecified atom stereocenters. The maximum Gasteiger partial charge on any atom is 0.328 e. The fraction of sp³-hybridized carbons (Fsp3) is 0.500. The summed E-state index contributed by atoms with van der Waals surface area (Å²) in [5.41, 5.74) is 1.52. The van der Waals surface area contributed by atoms with E-state index in [0.717, 1.165) is 11.1 Å². The summed E-state index contributed by atoms with van der Waals surface area (Å²) < 4.78 is 21.7. The molecule has 0 spiro atoms. The molecular weight excluding hydrogens is 350 g/mol. The molecule has 2 heterocycles. The van der Waals surface area contributed by atoms with E-state index in [-0.39, 0.29) is 11.8 Å². The lowest BCUT2D eigenvalue weighted by molar-refractivity contribution is -0.153. The summed E-state index contributed by atoms with van der Waals surface area (Å²) in [6.07, 6.45) is 1.66. The standard InChI is InChI=1S/C20H25NO6/c1-11(2)8-14(20(23)26-5)21-10-12-9-13-15(24-3)6-7-16(25-4)18(13)27-17(12)19(21)22/h6-7,9,11,14,17H,8,10H2,1-5H3/t14-,17?/m0/s1. The zero-order valence-electron chi connectivity index (χ0n) is 16.3. The topological polar surface area (TPSA) is 74.3 Å². The van der Waals surface area contributed by atoms with Gasteiger partial charge in [-0.3, -0.25) is 4.79 Å². The van der Waals surface area contributed by atoms with Crippen LogP contribution in [-0.4, -0.2) is 56.8 Å². The maximum absolute atomic E-state index is 13.0. The van der Waals surface area contributed by atoms with E-state index in [1.807, 2.05) is 19.9 Å². The van der Waals surface area contributed by atoms with Gasteiger partial charge in [0.05, 0.1) is 26.9 Å². The Morgan fingerprint density at radius 1 is 1.22 bits per heavy atom. The van der Waals surface area contributed by atoms with E-state index in [4.69, 9.17) is 18.9 Å². The summed E-state index contributed by atoms with van der Waals surface area (Å²) in [4.78, 5) is 26.9. The summed E-state index contributed by atoms with van der Waals surface area (Å²) in [6.45, 7) is 4.32. The zero-order chi connectivity index (χ0) is 19.7. The van der Waals surface area contributed by atoms with Gasteiger partial charge in [0, 0.05) is 6.54 Å². The molecule has 0 aromatic heterocycles. The third kappa shape index (κ3) is 3.34. The second kappa shape index (κ2) is 7.50. The molecule has 0 aliphatic carbocycles. The second-order valence-corrected chi connectivity index (χ2v) is 7.06. The largest absolute Gasteiger partial charge is 0.496 e. The minimum Gasteiger partial charge on any atom is -0.496 e. The summed E-state index contributed by atoms with van der Waals surface area (Å²) in [5, 5.41) is 0. The molecule has 1 saturated heterocycles. The zero-order valence-corrected chi connectivity index (χ0v) is 16.3. The van der Waals surface area contributed by atoms with Gasteiger partial charge in [0.2, 0.25) is 6.10 Å². The highest BCUT2D eigenvalue weighted by molar-refractivity contribution is 5.95. The van der Waals surface area contributed by atoms with Gasteiger partial charge in [0.15, 0.2) is 11.5 Å². The molecule has 7 nitrogen and oxygen atoms in total. The molecule has 1 amide bonds. The summed E-state index contributed by atoms with van der Waals surface area (Å²) >= 11 is 0. The average Bonchev–Trinajstić information content (AvgIpc) is 2.98. The van der Waals surface area contributed by atoms with Crippen molar-refractivity contribution in [3.8, 4) is 17.2 Å². The second-order valence-electron chi connectivity index (χ2n) is 7.06. The van der Waals surface area contributed by atoms with Crippen molar-refractivity contribution in [3.63, 3.8) is 0 Å². The monoisotopic (exact) mass is 375 g/mol. The predicted octanol–water partition coefficient (Wildman–Crippen LogP) is 2.28. The van der Waals surface area contributed by atoms with Crippen molar-refractivity contribution >= 4 is 18.0 Å². The number of ether oxygens (including phenoxy) is 4. The number of methoxy groups -OCH3 is 3. The number of fused-ring (bicyclic) bond motifs is 2. The van der Waals surface area contributed by atoms with Crippen molar-refractivity contribution in [1.29, 1.82) is 0 Å². The van der Waals surface area contributed by atoms with Crippen molar-refractivity contribution in [3.05, 3.63) is 23.3 Å². The van der Waals surface area contributed by atoms with Crippen LogP contribution in [0.4, 0.5) is 0 Å². The Labute approximate surface area is 158 Å². The molecular formula is C20H25NO6. The minimum atomic E-state index is -0.766. The van der Waals surface area contributed by atoms with Crippen molar-refractivity contribution in [2.45, 2.75) is 32.4 Å². The fourth-order valence-electron chi connectivity index (χ4n) is 3.57. The third-order valence-corrected chi connectivity index (χ3v) is 4.87. The molecule has 0 N–H and O–H groups in total. The minimum absolute atomic E-state index is 0.233. The van der Waals surface area contributed by atoms with Crippen LogP contribution in [0.2, 0.25) is 0 Å². The van der Waals surface area contributed by atoms with Crippen LogP contribution >= 0.6 is 0 Å². The smallest absolute Gasteiger partial charge is 0.328 e. The molecule has 2 aliphatic rings. The Kier molecular flexibility index (Phi) is 5.30. The van der Waals surface area contributed by atoms with Crippen molar-refractivity contribution in [2.75, 3.05) is 27.9 Å². The first-order valence-corrected chi connectivity index (χ1v) is 8.91. The van der Waals surface area contributed by atoms with E-state index in [0.29, 0.717) is 30.2 Å². The van der Waals surface area contributed by atoms with Crippen LogP contribution in [-0.2, 0) is 14.3 Å². The number of rotatable bonds is 6. The lowest BCUT2D eigenvalue weighted by Crippen LogP contribution is -2.45. The van der Waals surface area contributed by atoms with E-state index >= 15 is 0 Å². The highest BCUT2D eigenvalue weighted by Crippen LogP contribution is 2.45. The first kappa shape index (κ1) is 19.1. The first-order valence-electron chi connectivity index (χ1n) is 8.91. The van der Waals surface area contributed by atoms with Gasteiger partial charge in [0.1, 0.15) is 11.8 Å². The Balaban J connectivity index is 1.97. The molecule has 0 radical (unpaired) electrons. The van der Waals surface area contributed by atoms with Gasteiger partial charge in [-0.15, -0.1) is 0 Å². The number of carbonyl (C=O) groups is 2. The summed E-state index contributed by atoms with van der Waals surface area (Å²) in [5.74, 6) is 1.21. The van der Waals surface area contributed by atoms with E-state index < -0.39 is 18.1 Å². The Bertz CT molecular complexity index is 785. The molecule has 146 valence electrons. The number of benzene rings is 1. The number of likely N-dealkylation sites (tertiary alicyclic amines) is 1. The average molecular weight is 375 g/mol. The number of hydrogen-bond donors (Lipinski definition) is 0. The van der Waals surface area contributed by atoms with Crippen LogP contribution in [0.15, 0.2) is 17.7 Å². The molecule has 1 fully saturated rings. The van der Waals surface area contributed by atoms with Crippen molar-refractivity contribution < 1.29 is 28.5 Å². The van der Waals surface area contributed by atoms with Gasteiger partial charge < -0.3 is 23.8 Å². The molecule has 3 rings (SSSR count). The Morgan fingerprint density at radius 2 is 1.89 bits per heavy atom. The summed E-state index contributed by atoms with van der Waals surface area (Å²) in [7, 11) is 4.46. The molecule has 0 bridgehead atoms. The number of nitrogens with zero attached hydrogens (tertiary/aromatic N) is 1. The third-order valence-electron chi connectivity index (χ3n) is 4.87. The van der Waals surface area contributed by atoms with Crippen LogP contribution in [0.3, 0.4) is 0 Å². The van der Waals surface area contributed by atoms with Crippen LogP contribution in [0.1, 0.15) is 25.8 Å². The lowest BCUT2D eigenvalue weighted by Gasteiger charge is -2.27. The number of carbonyl (C=O) groups excluding carboxylic acids is 2. The maximum atomic E-state index is 13.0. The van der Waals surface area contributed by atoms with E-state index in [1.165, 1.54) is 7.11 Å². The lowest BCUT2D eigenvalue weighted by atomic mass is 10.0. The quantitative estimate of drug-likeness (QED) is 0.710. The van der Waals surface area contributed by atoms with Gasteiger partial charge in [-0.05, 0) is 36.1 Å². The van der Waals surface area contributed by atoms with Crippen LogP contribution in [0.25, 0.3) is 6.08 Å². The normalized spacial score (nSPS) is 19.0. The predicted molar refractivity (Wildman–Crippen MR) is 98.9 cm³/mol. The van der Waals surface area contributed by atoms with E-state index in [2.05, 4.69) is 0 Å². The Hall–Kier alpha value is -2.70. The van der Waals surface area contributed by atoms with Crippen LogP contribution in [0.5, 0.6) is 17.2 Å². The van der Waals surface area contributed by atoms with Gasteiger partial charge >= 0.3 is 5.97 Å². The van der Waals surface area contributed by atoms with Gasteiger partial charge in [-0.2, -0.15) is 0 Å².